The van der Waals surface area contributed by atoms with Gasteiger partial charge in [0.25, 0.3) is 0 Å². The molecule has 0 fully saturated rings. The second kappa shape index (κ2) is 6.12. The molecule has 0 aliphatic heterocycles. The standard InChI is InChI=1S/C17H20O4/c1-12-11-17(15(18)20-2,16(19)21-3)10-9-14(12)13-7-5-4-6-8-13/h4-8H,9-11H2,1-3H3. The van der Waals surface area contributed by atoms with Crippen molar-refractivity contribution in [3.05, 3.63) is 41.5 Å². The van der Waals surface area contributed by atoms with Gasteiger partial charge >= 0.3 is 11.9 Å². The van der Waals surface area contributed by atoms with E-state index in [1.54, 1.807) is 0 Å². The minimum atomic E-state index is -1.20. The highest BCUT2D eigenvalue weighted by Gasteiger charge is 2.50. The van der Waals surface area contributed by atoms with E-state index in [4.69, 9.17) is 9.47 Å². The zero-order valence-electron chi connectivity index (χ0n) is 12.6. The Morgan fingerprint density at radius 3 is 2.10 bits per heavy atom. The maximum atomic E-state index is 12.1. The van der Waals surface area contributed by atoms with E-state index in [0.29, 0.717) is 19.3 Å². The van der Waals surface area contributed by atoms with Crippen LogP contribution in [0, 0.1) is 5.41 Å². The van der Waals surface area contributed by atoms with Crippen molar-refractivity contribution < 1.29 is 19.1 Å². The quantitative estimate of drug-likeness (QED) is 0.634. The largest absolute Gasteiger partial charge is 0.468 e. The molecule has 1 aromatic carbocycles. The highest BCUT2D eigenvalue weighted by molar-refractivity contribution is 6.01. The Labute approximate surface area is 124 Å². The lowest BCUT2D eigenvalue weighted by Gasteiger charge is -2.33. The van der Waals surface area contributed by atoms with E-state index in [2.05, 4.69) is 0 Å². The number of hydrogen-bond acceptors (Lipinski definition) is 4. The minimum absolute atomic E-state index is 0.344. The van der Waals surface area contributed by atoms with Gasteiger partial charge in [-0.1, -0.05) is 35.9 Å². The molecule has 1 aliphatic rings. The molecule has 21 heavy (non-hydrogen) atoms. The van der Waals surface area contributed by atoms with Gasteiger partial charge in [-0.3, -0.25) is 9.59 Å². The zero-order valence-corrected chi connectivity index (χ0v) is 12.6. The van der Waals surface area contributed by atoms with Crippen molar-refractivity contribution in [3.63, 3.8) is 0 Å². The van der Waals surface area contributed by atoms with E-state index in [-0.39, 0.29) is 0 Å². The van der Waals surface area contributed by atoms with Gasteiger partial charge in [0, 0.05) is 0 Å². The summed E-state index contributed by atoms with van der Waals surface area (Å²) < 4.78 is 9.69. The summed E-state index contributed by atoms with van der Waals surface area (Å²) >= 11 is 0. The monoisotopic (exact) mass is 288 g/mol. The van der Waals surface area contributed by atoms with Gasteiger partial charge in [-0.25, -0.2) is 0 Å². The van der Waals surface area contributed by atoms with Crippen LogP contribution in [0.25, 0.3) is 5.57 Å². The molecule has 4 nitrogen and oxygen atoms in total. The normalized spacial score (nSPS) is 17.3. The number of methoxy groups -OCH3 is 2. The third-order valence-corrected chi connectivity index (χ3v) is 4.16. The maximum Gasteiger partial charge on any atom is 0.323 e. The van der Waals surface area contributed by atoms with Crippen molar-refractivity contribution in [2.45, 2.75) is 26.2 Å². The summed E-state index contributed by atoms with van der Waals surface area (Å²) in [7, 11) is 2.61. The van der Waals surface area contributed by atoms with E-state index < -0.39 is 17.4 Å². The van der Waals surface area contributed by atoms with Gasteiger partial charge < -0.3 is 9.47 Å². The second-order valence-electron chi connectivity index (χ2n) is 5.37. The van der Waals surface area contributed by atoms with Crippen LogP contribution in [0.15, 0.2) is 35.9 Å². The van der Waals surface area contributed by atoms with Gasteiger partial charge in [0.15, 0.2) is 5.41 Å². The molecule has 1 aromatic rings. The van der Waals surface area contributed by atoms with Gasteiger partial charge in [0.1, 0.15) is 0 Å². The number of benzene rings is 1. The first-order chi connectivity index (χ1) is 10.0. The molecule has 0 unspecified atom stereocenters. The van der Waals surface area contributed by atoms with Crippen LogP contribution in [0.2, 0.25) is 0 Å². The molecule has 112 valence electrons. The predicted octanol–water partition coefficient (Wildman–Crippen LogP) is 2.98. The fourth-order valence-corrected chi connectivity index (χ4v) is 3.05. The molecule has 0 atom stereocenters. The summed E-state index contributed by atoms with van der Waals surface area (Å²) in [4.78, 5) is 24.3. The predicted molar refractivity (Wildman–Crippen MR) is 79.4 cm³/mol. The van der Waals surface area contributed by atoms with Crippen LogP contribution in [0.1, 0.15) is 31.7 Å². The number of carbonyl (C=O) groups is 2. The van der Waals surface area contributed by atoms with Crippen molar-refractivity contribution in [2.24, 2.45) is 5.41 Å². The number of allylic oxidation sites excluding steroid dienone is 2. The Bertz CT molecular complexity index is 556. The Morgan fingerprint density at radius 1 is 1.05 bits per heavy atom. The van der Waals surface area contributed by atoms with Crippen molar-refractivity contribution in [1.82, 2.24) is 0 Å². The third-order valence-electron chi connectivity index (χ3n) is 4.16. The van der Waals surface area contributed by atoms with Crippen LogP contribution < -0.4 is 0 Å². The smallest absolute Gasteiger partial charge is 0.323 e. The number of carbonyl (C=O) groups excluding carboxylic acids is 2. The molecule has 1 aliphatic carbocycles. The van der Waals surface area contributed by atoms with Crippen molar-refractivity contribution >= 4 is 17.5 Å². The van der Waals surface area contributed by atoms with E-state index in [1.807, 2.05) is 37.3 Å². The van der Waals surface area contributed by atoms with Gasteiger partial charge in [-0.15, -0.1) is 0 Å². The van der Waals surface area contributed by atoms with E-state index >= 15 is 0 Å². The van der Waals surface area contributed by atoms with Gasteiger partial charge in [0.05, 0.1) is 14.2 Å². The van der Waals surface area contributed by atoms with Crippen LogP contribution in [0.3, 0.4) is 0 Å². The van der Waals surface area contributed by atoms with Crippen molar-refractivity contribution in [1.29, 1.82) is 0 Å². The summed E-state index contributed by atoms with van der Waals surface area (Å²) in [5.74, 6) is -1.03. The summed E-state index contributed by atoms with van der Waals surface area (Å²) in [6.07, 6.45) is 1.41. The molecular weight excluding hydrogens is 268 g/mol. The lowest BCUT2D eigenvalue weighted by Crippen LogP contribution is -2.43. The molecule has 4 heteroatoms. The number of hydrogen-bond donors (Lipinski definition) is 0. The lowest BCUT2D eigenvalue weighted by molar-refractivity contribution is -0.169. The molecule has 0 N–H and O–H groups in total. The Kier molecular flexibility index (Phi) is 4.46. The first kappa shape index (κ1) is 15.3. The number of ether oxygens (including phenoxy) is 2. The fraction of sp³-hybridized carbons (Fsp3) is 0.412. The summed E-state index contributed by atoms with van der Waals surface area (Å²) in [5.41, 5.74) is 2.16. The molecule has 0 heterocycles. The first-order valence-corrected chi connectivity index (χ1v) is 6.96. The van der Waals surface area contributed by atoms with Crippen LogP contribution in [0.4, 0.5) is 0 Å². The molecule has 0 bridgehead atoms. The van der Waals surface area contributed by atoms with Gasteiger partial charge in [-0.05, 0) is 37.3 Å². The molecule has 2 rings (SSSR count). The van der Waals surface area contributed by atoms with Gasteiger partial charge in [0.2, 0.25) is 0 Å². The Morgan fingerprint density at radius 2 is 1.62 bits per heavy atom. The van der Waals surface area contributed by atoms with Crippen LogP contribution in [-0.4, -0.2) is 26.2 Å². The van der Waals surface area contributed by atoms with E-state index in [0.717, 1.165) is 11.1 Å². The third kappa shape index (κ3) is 2.71. The van der Waals surface area contributed by atoms with Crippen molar-refractivity contribution in [2.75, 3.05) is 14.2 Å². The minimum Gasteiger partial charge on any atom is -0.468 e. The molecule has 0 radical (unpaired) electrons. The number of rotatable bonds is 3. The molecule has 0 spiro atoms. The fourth-order valence-electron chi connectivity index (χ4n) is 3.05. The summed E-state index contributed by atoms with van der Waals surface area (Å²) in [6, 6.07) is 10.0. The Hall–Kier alpha value is -2.10. The molecular formula is C17H20O4. The van der Waals surface area contributed by atoms with Crippen LogP contribution in [0.5, 0.6) is 0 Å². The zero-order chi connectivity index (χ0) is 15.5. The maximum absolute atomic E-state index is 12.1. The highest BCUT2D eigenvalue weighted by atomic mass is 16.5. The Balaban J connectivity index is 2.39. The summed E-state index contributed by atoms with van der Waals surface area (Å²) in [5, 5.41) is 0. The van der Waals surface area contributed by atoms with E-state index in [1.165, 1.54) is 19.8 Å². The van der Waals surface area contributed by atoms with E-state index in [9.17, 15) is 9.59 Å². The van der Waals surface area contributed by atoms with Crippen molar-refractivity contribution in [3.8, 4) is 0 Å². The lowest BCUT2D eigenvalue weighted by atomic mass is 9.70. The summed E-state index contributed by atoms with van der Waals surface area (Å²) in [6.45, 7) is 1.96. The SMILES string of the molecule is COC(=O)C1(C(=O)OC)CCC(c2ccccc2)=C(C)C1. The molecule has 0 saturated carbocycles. The average molecular weight is 288 g/mol. The number of esters is 2. The van der Waals surface area contributed by atoms with Gasteiger partial charge in [-0.2, -0.15) is 0 Å². The van der Waals surface area contributed by atoms with Crippen LogP contribution in [-0.2, 0) is 19.1 Å². The second-order valence-corrected chi connectivity index (χ2v) is 5.37. The molecule has 0 aromatic heterocycles. The molecule has 0 saturated heterocycles. The van der Waals surface area contributed by atoms with Crippen LogP contribution >= 0.6 is 0 Å². The first-order valence-electron chi connectivity index (χ1n) is 6.96. The molecule has 0 amide bonds. The highest BCUT2D eigenvalue weighted by Crippen LogP contribution is 2.44. The topological polar surface area (TPSA) is 52.6 Å². The average Bonchev–Trinajstić information content (AvgIpc) is 2.53.